The molecule has 1 aromatic carbocycles. The Morgan fingerprint density at radius 1 is 1.14 bits per heavy atom. The molecule has 114 valence electrons. The number of hydrogen-bond donors (Lipinski definition) is 1. The highest BCUT2D eigenvalue weighted by Crippen LogP contribution is 2.33. The van der Waals surface area contributed by atoms with Gasteiger partial charge in [0, 0.05) is 5.56 Å². The Morgan fingerprint density at radius 2 is 1.86 bits per heavy atom. The number of aromatic nitrogens is 5. The number of alkyl halides is 3. The number of halogens is 3. The molecule has 6 nitrogen and oxygen atoms in total. The molecule has 3 rings (SSSR count). The Kier molecular flexibility index (Phi) is 3.74. The Balaban J connectivity index is 1.83. The number of nitrogens with two attached hydrogens (primary N) is 1. The monoisotopic (exact) mass is 344 g/mol. The number of nitrogens with zero attached hydrogens (tertiary/aromatic N) is 5. The van der Waals surface area contributed by atoms with E-state index in [2.05, 4.69) is 19.6 Å². The van der Waals surface area contributed by atoms with Gasteiger partial charge >= 0.3 is 6.18 Å². The van der Waals surface area contributed by atoms with Gasteiger partial charge in [-0.15, -0.1) is 10.2 Å². The van der Waals surface area contributed by atoms with Crippen LogP contribution in [0.2, 0.25) is 0 Å². The van der Waals surface area contributed by atoms with Crippen LogP contribution >= 0.6 is 23.3 Å². The molecule has 22 heavy (non-hydrogen) atoms. The van der Waals surface area contributed by atoms with Crippen LogP contribution < -0.4 is 5.84 Å². The van der Waals surface area contributed by atoms with E-state index < -0.39 is 12.0 Å². The molecule has 2 heterocycles. The molecule has 0 bridgehead atoms. The average Bonchev–Trinajstić information content (AvgIpc) is 3.08. The third-order valence-electron chi connectivity index (χ3n) is 2.54. The zero-order chi connectivity index (χ0) is 15.7. The normalized spacial score (nSPS) is 11.8. The van der Waals surface area contributed by atoms with Crippen LogP contribution in [0.5, 0.6) is 0 Å². The number of benzene rings is 1. The highest BCUT2D eigenvalue weighted by molar-refractivity contribution is 8.00. The maximum atomic E-state index is 12.6. The van der Waals surface area contributed by atoms with E-state index in [1.807, 2.05) is 30.3 Å². The van der Waals surface area contributed by atoms with Crippen LogP contribution in [0.25, 0.3) is 11.4 Å². The summed E-state index contributed by atoms with van der Waals surface area (Å²) in [6.07, 6.45) is -4.66. The highest BCUT2D eigenvalue weighted by atomic mass is 32.2. The van der Waals surface area contributed by atoms with Gasteiger partial charge in [0.2, 0.25) is 5.16 Å². The van der Waals surface area contributed by atoms with E-state index in [4.69, 9.17) is 5.84 Å². The molecule has 0 amide bonds. The van der Waals surface area contributed by atoms with Crippen LogP contribution in [0, 0.1) is 0 Å². The van der Waals surface area contributed by atoms with E-state index >= 15 is 0 Å². The van der Waals surface area contributed by atoms with Crippen LogP contribution in [-0.4, -0.2) is 24.2 Å². The minimum absolute atomic E-state index is 0.108. The van der Waals surface area contributed by atoms with Crippen LogP contribution in [0.3, 0.4) is 0 Å². The summed E-state index contributed by atoms with van der Waals surface area (Å²) in [6, 6.07) is 9.22. The van der Waals surface area contributed by atoms with E-state index in [1.54, 1.807) is 0 Å². The van der Waals surface area contributed by atoms with Gasteiger partial charge < -0.3 is 5.84 Å². The molecule has 0 radical (unpaired) electrons. The van der Waals surface area contributed by atoms with Crippen molar-refractivity contribution in [1.82, 2.24) is 24.2 Å². The third kappa shape index (κ3) is 2.90. The summed E-state index contributed by atoms with van der Waals surface area (Å²) >= 11 is 1.92. The summed E-state index contributed by atoms with van der Waals surface area (Å²) in [4.78, 5) is 4.24. The summed E-state index contributed by atoms with van der Waals surface area (Å²) in [5.74, 6) is 4.59. The lowest BCUT2D eigenvalue weighted by Gasteiger charge is -2.04. The second-order valence-electron chi connectivity index (χ2n) is 4.03. The molecule has 2 aromatic heterocycles. The minimum Gasteiger partial charge on any atom is -0.335 e. The van der Waals surface area contributed by atoms with Gasteiger partial charge in [-0.3, -0.25) is 0 Å². The first-order valence-electron chi connectivity index (χ1n) is 5.80. The van der Waals surface area contributed by atoms with Gasteiger partial charge in [-0.05, 0) is 23.3 Å². The number of rotatable bonds is 3. The van der Waals surface area contributed by atoms with Crippen LogP contribution in [0.4, 0.5) is 13.2 Å². The zero-order valence-electron chi connectivity index (χ0n) is 10.7. The smallest absolute Gasteiger partial charge is 0.335 e. The number of nitrogen functional groups attached to an aromatic ring is 1. The van der Waals surface area contributed by atoms with Crippen molar-refractivity contribution in [2.75, 3.05) is 5.84 Å². The van der Waals surface area contributed by atoms with Crippen molar-refractivity contribution in [1.29, 1.82) is 0 Å². The highest BCUT2D eigenvalue weighted by Gasteiger charge is 2.38. The predicted molar refractivity (Wildman–Crippen MR) is 74.6 cm³/mol. The van der Waals surface area contributed by atoms with Crippen molar-refractivity contribution in [2.24, 2.45) is 0 Å². The second kappa shape index (κ2) is 5.57. The lowest BCUT2D eigenvalue weighted by molar-refractivity contribution is -0.146. The SMILES string of the molecule is Nn1c(Sc2nc(-c3ccccc3)ns2)nnc1C(F)(F)F. The first-order valence-corrected chi connectivity index (χ1v) is 7.39. The standard InChI is InChI=1S/C11H7F3N6S2/c12-11(13,14)8-17-18-9(20(8)15)21-10-16-7(19-22-10)6-4-2-1-3-5-6/h1-5H,15H2. The molecular formula is C11H7F3N6S2. The van der Waals surface area contributed by atoms with Gasteiger partial charge in [0.15, 0.2) is 10.2 Å². The molecule has 0 aliphatic heterocycles. The molecule has 0 spiro atoms. The van der Waals surface area contributed by atoms with E-state index in [9.17, 15) is 13.2 Å². The molecule has 0 atom stereocenters. The molecule has 0 saturated heterocycles. The van der Waals surface area contributed by atoms with Gasteiger partial charge in [-0.25, -0.2) is 9.66 Å². The van der Waals surface area contributed by atoms with Crippen molar-refractivity contribution in [3.05, 3.63) is 36.2 Å². The Labute approximate surface area is 130 Å². The van der Waals surface area contributed by atoms with E-state index in [-0.39, 0.29) is 5.16 Å². The first-order chi connectivity index (χ1) is 10.4. The van der Waals surface area contributed by atoms with Crippen molar-refractivity contribution < 1.29 is 13.2 Å². The summed E-state index contributed by atoms with van der Waals surface area (Å²) in [5.41, 5.74) is 0.816. The average molecular weight is 344 g/mol. The van der Waals surface area contributed by atoms with E-state index in [1.165, 1.54) is 0 Å². The third-order valence-corrected chi connectivity index (χ3v) is 4.25. The molecule has 0 aliphatic carbocycles. The van der Waals surface area contributed by atoms with E-state index in [0.29, 0.717) is 14.8 Å². The first kappa shape index (κ1) is 14.8. The quantitative estimate of drug-likeness (QED) is 0.736. The Morgan fingerprint density at radius 3 is 2.50 bits per heavy atom. The van der Waals surface area contributed by atoms with Gasteiger partial charge in [-0.2, -0.15) is 17.5 Å². The molecule has 0 fully saturated rings. The van der Waals surface area contributed by atoms with Crippen molar-refractivity contribution in [2.45, 2.75) is 15.7 Å². The summed E-state index contributed by atoms with van der Waals surface area (Å²) in [5, 5.41) is 6.37. The zero-order valence-corrected chi connectivity index (χ0v) is 12.3. The largest absolute Gasteiger partial charge is 0.453 e. The topological polar surface area (TPSA) is 82.5 Å². The van der Waals surface area contributed by atoms with Gasteiger partial charge in [0.1, 0.15) is 0 Å². The van der Waals surface area contributed by atoms with Crippen LogP contribution in [-0.2, 0) is 6.18 Å². The molecule has 0 saturated carbocycles. The number of hydrogen-bond acceptors (Lipinski definition) is 7. The molecule has 0 aliphatic rings. The fraction of sp³-hybridized carbons (Fsp3) is 0.0909. The van der Waals surface area contributed by atoms with Gasteiger partial charge in [-0.1, -0.05) is 30.3 Å². The Hall–Kier alpha value is -2.14. The van der Waals surface area contributed by atoms with Crippen molar-refractivity contribution >= 4 is 23.3 Å². The van der Waals surface area contributed by atoms with Crippen molar-refractivity contribution in [3.8, 4) is 11.4 Å². The Bertz CT molecular complexity index is 783. The minimum atomic E-state index is -4.66. The molecular weight excluding hydrogens is 337 g/mol. The molecule has 11 heteroatoms. The second-order valence-corrected chi connectivity index (χ2v) is 5.99. The van der Waals surface area contributed by atoms with Gasteiger partial charge in [0.25, 0.3) is 5.82 Å². The summed E-state index contributed by atoms with van der Waals surface area (Å²) in [6.45, 7) is 0. The lowest BCUT2D eigenvalue weighted by Crippen LogP contribution is -2.21. The van der Waals surface area contributed by atoms with Gasteiger partial charge in [0.05, 0.1) is 0 Å². The van der Waals surface area contributed by atoms with Crippen LogP contribution in [0.15, 0.2) is 39.8 Å². The van der Waals surface area contributed by atoms with Crippen LogP contribution in [0.1, 0.15) is 5.82 Å². The lowest BCUT2D eigenvalue weighted by atomic mass is 10.2. The van der Waals surface area contributed by atoms with Crippen molar-refractivity contribution in [3.63, 3.8) is 0 Å². The fourth-order valence-electron chi connectivity index (χ4n) is 1.57. The molecule has 2 N–H and O–H groups in total. The fourth-order valence-corrected chi connectivity index (χ4v) is 3.05. The molecule has 3 aromatic rings. The summed E-state index contributed by atoms with van der Waals surface area (Å²) < 4.78 is 42.7. The molecule has 0 unspecified atom stereocenters. The summed E-state index contributed by atoms with van der Waals surface area (Å²) in [7, 11) is 0. The van der Waals surface area contributed by atoms with E-state index in [0.717, 1.165) is 28.9 Å². The predicted octanol–water partition coefficient (Wildman–Crippen LogP) is 2.68. The maximum Gasteiger partial charge on any atom is 0.453 e. The maximum absolute atomic E-state index is 12.6.